The van der Waals surface area contributed by atoms with Gasteiger partial charge in [0.2, 0.25) is 10.0 Å². The normalized spacial score (nSPS) is 12.8. The van der Waals surface area contributed by atoms with Crippen LogP contribution in [-0.4, -0.2) is 39.3 Å². The van der Waals surface area contributed by atoms with Crippen LogP contribution in [-0.2, 0) is 10.0 Å². The number of hydrogen-bond donors (Lipinski definition) is 2. The van der Waals surface area contributed by atoms with E-state index in [1.807, 2.05) is 48.7 Å². The molecule has 0 unspecified atom stereocenters. The van der Waals surface area contributed by atoms with E-state index in [9.17, 15) is 8.42 Å². The van der Waals surface area contributed by atoms with E-state index in [1.54, 1.807) is 28.1 Å². The molecule has 2 aromatic carbocycles. The maximum Gasteiger partial charge on any atom is 0.245 e. The average Bonchev–Trinajstić information content (AvgIpc) is 3.36. The van der Waals surface area contributed by atoms with E-state index in [4.69, 9.17) is 14.0 Å². The number of aromatic nitrogens is 2. The van der Waals surface area contributed by atoms with Crippen molar-refractivity contribution in [1.82, 2.24) is 14.9 Å². The highest BCUT2D eigenvalue weighted by atomic mass is 32.2. The number of benzene rings is 2. The largest absolute Gasteiger partial charge is 0.493 e. The fourth-order valence-electron chi connectivity index (χ4n) is 4.08. The summed E-state index contributed by atoms with van der Waals surface area (Å²) in [6.07, 6.45) is 1.90. The molecule has 0 aliphatic heterocycles. The lowest BCUT2D eigenvalue weighted by atomic mass is 9.90. The Morgan fingerprint density at radius 1 is 1.06 bits per heavy atom. The Labute approximate surface area is 186 Å². The van der Waals surface area contributed by atoms with E-state index in [0.29, 0.717) is 17.2 Å². The van der Waals surface area contributed by atoms with Crippen LogP contribution in [0.3, 0.4) is 0 Å². The standard InChI is InChI=1S/C23H25N3O5S/c1-14-23(15(2)31-26-14)32(27,28)25-13-19(17-9-7-11-21(29-3)22(17)30-4)18-12-24-20-10-6-5-8-16(18)20/h5-12,19,24-25H,13H2,1-4H3/t19-/m0/s1. The number of aromatic amines is 1. The monoisotopic (exact) mass is 455 g/mol. The molecule has 0 amide bonds. The van der Waals surface area contributed by atoms with E-state index in [-0.39, 0.29) is 23.1 Å². The maximum atomic E-state index is 13.1. The van der Waals surface area contributed by atoms with Gasteiger partial charge >= 0.3 is 0 Å². The van der Waals surface area contributed by atoms with Crippen molar-refractivity contribution in [2.45, 2.75) is 24.7 Å². The molecule has 32 heavy (non-hydrogen) atoms. The first-order valence-electron chi connectivity index (χ1n) is 10.1. The minimum atomic E-state index is -3.85. The Balaban J connectivity index is 1.81. The molecule has 0 saturated heterocycles. The highest BCUT2D eigenvalue weighted by molar-refractivity contribution is 7.89. The van der Waals surface area contributed by atoms with Crippen LogP contribution < -0.4 is 14.2 Å². The third-order valence-corrected chi connectivity index (χ3v) is 7.19. The predicted molar refractivity (Wildman–Crippen MR) is 121 cm³/mol. The van der Waals surface area contributed by atoms with Crippen LogP contribution in [0, 0.1) is 13.8 Å². The fourth-order valence-corrected chi connectivity index (χ4v) is 5.45. The van der Waals surface area contributed by atoms with Crippen molar-refractivity contribution < 1.29 is 22.4 Å². The van der Waals surface area contributed by atoms with Gasteiger partial charge in [-0.1, -0.05) is 35.5 Å². The zero-order valence-electron chi connectivity index (χ0n) is 18.3. The fraction of sp³-hybridized carbons (Fsp3) is 0.261. The van der Waals surface area contributed by atoms with Crippen LogP contribution in [0.15, 0.2) is 58.1 Å². The number of aryl methyl sites for hydroxylation is 2. The van der Waals surface area contributed by atoms with E-state index in [0.717, 1.165) is 22.0 Å². The molecule has 2 heterocycles. The number of methoxy groups -OCH3 is 2. The first-order valence-corrected chi connectivity index (χ1v) is 11.5. The number of fused-ring (bicyclic) bond motifs is 1. The first kappa shape index (κ1) is 21.9. The zero-order valence-corrected chi connectivity index (χ0v) is 19.1. The summed E-state index contributed by atoms with van der Waals surface area (Å²) >= 11 is 0. The summed E-state index contributed by atoms with van der Waals surface area (Å²) in [5, 5.41) is 4.77. The molecule has 0 saturated carbocycles. The average molecular weight is 456 g/mol. The quantitative estimate of drug-likeness (QED) is 0.417. The molecular weight excluding hydrogens is 430 g/mol. The molecule has 0 bridgehead atoms. The lowest BCUT2D eigenvalue weighted by Gasteiger charge is -2.22. The first-order chi connectivity index (χ1) is 15.4. The van der Waals surface area contributed by atoms with Gasteiger partial charge in [0.1, 0.15) is 10.6 Å². The number of hydrogen-bond acceptors (Lipinski definition) is 6. The third kappa shape index (κ3) is 3.85. The van der Waals surface area contributed by atoms with Gasteiger partial charge in [0.05, 0.1) is 14.2 Å². The highest BCUT2D eigenvalue weighted by Crippen LogP contribution is 2.40. The summed E-state index contributed by atoms with van der Waals surface area (Å²) in [5.74, 6) is 1.02. The zero-order chi connectivity index (χ0) is 22.9. The van der Waals surface area contributed by atoms with Gasteiger partial charge in [-0.05, 0) is 31.5 Å². The summed E-state index contributed by atoms with van der Waals surface area (Å²) in [5.41, 5.74) is 3.02. The van der Waals surface area contributed by atoms with Crippen LogP contribution in [0.25, 0.3) is 10.9 Å². The molecule has 4 aromatic rings. The van der Waals surface area contributed by atoms with E-state index in [2.05, 4.69) is 14.9 Å². The smallest absolute Gasteiger partial charge is 0.245 e. The van der Waals surface area contributed by atoms with Gasteiger partial charge < -0.3 is 19.0 Å². The van der Waals surface area contributed by atoms with Gasteiger partial charge in [-0.3, -0.25) is 0 Å². The van der Waals surface area contributed by atoms with Gasteiger partial charge in [0, 0.05) is 35.1 Å². The Bertz CT molecular complexity index is 1340. The minimum Gasteiger partial charge on any atom is -0.493 e. The Morgan fingerprint density at radius 2 is 1.84 bits per heavy atom. The van der Waals surface area contributed by atoms with Crippen LogP contribution >= 0.6 is 0 Å². The number of nitrogens with one attached hydrogen (secondary N) is 2. The molecule has 4 rings (SSSR count). The molecule has 2 aromatic heterocycles. The van der Waals surface area contributed by atoms with Crippen LogP contribution in [0.1, 0.15) is 28.5 Å². The van der Waals surface area contributed by atoms with E-state index in [1.165, 1.54) is 0 Å². The topological polar surface area (TPSA) is 106 Å². The molecule has 2 N–H and O–H groups in total. The van der Waals surface area contributed by atoms with Gasteiger partial charge in [0.25, 0.3) is 0 Å². The molecule has 9 heteroatoms. The number of rotatable bonds is 8. The molecular formula is C23H25N3O5S. The molecule has 8 nitrogen and oxygen atoms in total. The van der Waals surface area contributed by atoms with Crippen molar-refractivity contribution in [2.24, 2.45) is 0 Å². The highest BCUT2D eigenvalue weighted by Gasteiger charge is 2.28. The molecule has 0 fully saturated rings. The number of H-pyrrole nitrogens is 1. The summed E-state index contributed by atoms with van der Waals surface area (Å²) in [6.45, 7) is 3.28. The number of nitrogens with zero attached hydrogens (tertiary/aromatic N) is 1. The second-order valence-corrected chi connectivity index (χ2v) is 9.13. The van der Waals surface area contributed by atoms with Gasteiger partial charge in [0.15, 0.2) is 17.3 Å². The van der Waals surface area contributed by atoms with Crippen LogP contribution in [0.2, 0.25) is 0 Å². The summed E-state index contributed by atoms with van der Waals surface area (Å²) in [7, 11) is -0.706. The van der Waals surface area contributed by atoms with Gasteiger partial charge in [-0.15, -0.1) is 0 Å². The number of sulfonamides is 1. The van der Waals surface area contributed by atoms with Crippen molar-refractivity contribution in [3.05, 3.63) is 71.2 Å². The summed E-state index contributed by atoms with van der Waals surface area (Å²) in [4.78, 5) is 3.34. The Hall–Kier alpha value is -3.30. The van der Waals surface area contributed by atoms with Crippen LogP contribution in [0.5, 0.6) is 11.5 Å². The summed E-state index contributed by atoms with van der Waals surface area (Å²) < 4.78 is 45.2. The van der Waals surface area contributed by atoms with Gasteiger partial charge in [-0.25, -0.2) is 13.1 Å². The number of ether oxygens (including phenoxy) is 2. The predicted octanol–water partition coefficient (Wildman–Crippen LogP) is 3.90. The van der Waals surface area contributed by atoms with E-state index < -0.39 is 10.0 Å². The maximum absolute atomic E-state index is 13.1. The molecule has 168 valence electrons. The van der Waals surface area contributed by atoms with E-state index >= 15 is 0 Å². The molecule has 0 aliphatic carbocycles. The Morgan fingerprint density at radius 3 is 2.53 bits per heavy atom. The summed E-state index contributed by atoms with van der Waals surface area (Å²) in [6, 6.07) is 13.5. The van der Waals surface area contributed by atoms with Crippen LogP contribution in [0.4, 0.5) is 0 Å². The van der Waals surface area contributed by atoms with Crippen molar-refractivity contribution in [2.75, 3.05) is 20.8 Å². The minimum absolute atomic E-state index is 0.0628. The van der Waals surface area contributed by atoms with Crippen molar-refractivity contribution in [1.29, 1.82) is 0 Å². The van der Waals surface area contributed by atoms with Crippen molar-refractivity contribution in [3.8, 4) is 11.5 Å². The lowest BCUT2D eigenvalue weighted by Crippen LogP contribution is -2.30. The van der Waals surface area contributed by atoms with Crippen molar-refractivity contribution >= 4 is 20.9 Å². The molecule has 0 aliphatic rings. The molecule has 1 atom stereocenters. The SMILES string of the molecule is COc1cccc([C@H](CNS(=O)(=O)c2c(C)noc2C)c2c[nH]c3ccccc23)c1OC. The van der Waals surface area contributed by atoms with Gasteiger partial charge in [-0.2, -0.15) is 0 Å². The third-order valence-electron chi connectivity index (χ3n) is 5.52. The second-order valence-electron chi connectivity index (χ2n) is 7.43. The molecule has 0 radical (unpaired) electrons. The lowest BCUT2D eigenvalue weighted by molar-refractivity contribution is 0.350. The molecule has 0 spiro atoms. The number of para-hydroxylation sites is 2. The van der Waals surface area contributed by atoms with Crippen molar-refractivity contribution in [3.63, 3.8) is 0 Å². The second kappa shape index (κ2) is 8.68. The Kier molecular flexibility index (Phi) is 5.94.